The van der Waals surface area contributed by atoms with E-state index in [2.05, 4.69) is 29.9 Å². The van der Waals surface area contributed by atoms with E-state index in [1.165, 1.54) is 0 Å². The maximum absolute atomic E-state index is 11.9. The minimum Gasteiger partial charge on any atom is -0.322 e. The van der Waals surface area contributed by atoms with E-state index in [1.807, 2.05) is 6.92 Å². The summed E-state index contributed by atoms with van der Waals surface area (Å²) in [6, 6.07) is 0.238. The quantitative estimate of drug-likeness (QED) is 0.833. The average Bonchev–Trinajstić information content (AvgIpc) is 2.91. The van der Waals surface area contributed by atoms with Gasteiger partial charge in [-0.1, -0.05) is 17.7 Å². The number of aromatic nitrogens is 2. The van der Waals surface area contributed by atoms with Gasteiger partial charge in [-0.3, -0.25) is 13.9 Å². The van der Waals surface area contributed by atoms with Crippen molar-refractivity contribution < 1.29 is 4.21 Å². The zero-order valence-electron chi connectivity index (χ0n) is 13.3. The van der Waals surface area contributed by atoms with Gasteiger partial charge in [0.05, 0.1) is 22.5 Å². The van der Waals surface area contributed by atoms with E-state index in [9.17, 15) is 4.21 Å². The average molecular weight is 339 g/mol. The predicted octanol–water partition coefficient (Wildman–Crippen LogP) is 2.60. The molecule has 2 aliphatic heterocycles. The molecular weight excluding hydrogens is 320 g/mol. The summed E-state index contributed by atoms with van der Waals surface area (Å²) < 4.78 is 13.5. The normalized spacial score (nSPS) is 22.6. The lowest BCUT2D eigenvalue weighted by Gasteiger charge is -2.28. The highest BCUT2D eigenvalue weighted by Gasteiger charge is 2.34. The van der Waals surface area contributed by atoms with Crippen molar-refractivity contribution in [2.75, 3.05) is 12.8 Å². The Balaban J connectivity index is 2.20. The van der Waals surface area contributed by atoms with Crippen LogP contribution >= 0.6 is 11.6 Å². The standard InChI is InChI=1S/C15H19ClN4OS/c1-8-6-9(2)14-17-10(3)7-20(14)13(8)12-11(16)15(22(5)21)19(4)18-12/h6,10H,7H2,1-5H3. The third-order valence-corrected chi connectivity index (χ3v) is 5.39. The first-order chi connectivity index (χ1) is 10.3. The lowest BCUT2D eigenvalue weighted by molar-refractivity contribution is 0.568. The zero-order valence-corrected chi connectivity index (χ0v) is 14.9. The lowest BCUT2D eigenvalue weighted by atomic mass is 10.0. The van der Waals surface area contributed by atoms with Gasteiger partial charge in [0.2, 0.25) is 0 Å². The number of hydrogen-bond donors (Lipinski definition) is 0. The molecule has 7 heteroatoms. The van der Waals surface area contributed by atoms with Crippen LogP contribution in [0.5, 0.6) is 0 Å². The van der Waals surface area contributed by atoms with E-state index in [4.69, 9.17) is 16.6 Å². The Labute approximate surface area is 137 Å². The lowest BCUT2D eigenvalue weighted by Crippen LogP contribution is -2.31. The Hall–Kier alpha value is -1.40. The number of aryl methyl sites for hydroxylation is 1. The highest BCUT2D eigenvalue weighted by Crippen LogP contribution is 2.37. The molecule has 5 nitrogen and oxygen atoms in total. The molecule has 0 saturated carbocycles. The molecule has 22 heavy (non-hydrogen) atoms. The number of allylic oxidation sites excluding steroid dienone is 2. The van der Waals surface area contributed by atoms with Gasteiger partial charge in [-0.05, 0) is 31.9 Å². The number of amidine groups is 1. The highest BCUT2D eigenvalue weighted by atomic mass is 35.5. The van der Waals surface area contributed by atoms with Crippen LogP contribution < -0.4 is 0 Å². The van der Waals surface area contributed by atoms with Crippen LogP contribution in [0, 0.1) is 0 Å². The molecule has 2 aliphatic rings. The molecule has 1 aromatic rings. The SMILES string of the molecule is CC1=CC(C)=C(c2nn(C)c(S(C)=O)c2Cl)N2CC(C)N=C12. The molecule has 2 unspecified atom stereocenters. The van der Waals surface area contributed by atoms with Crippen LogP contribution in [0.15, 0.2) is 27.2 Å². The summed E-state index contributed by atoms with van der Waals surface area (Å²) >= 11 is 6.49. The van der Waals surface area contributed by atoms with Crippen molar-refractivity contribution >= 4 is 33.9 Å². The van der Waals surface area contributed by atoms with Crippen LogP contribution in [0.4, 0.5) is 0 Å². The molecule has 0 N–H and O–H groups in total. The largest absolute Gasteiger partial charge is 0.322 e. The minimum absolute atomic E-state index is 0.238. The van der Waals surface area contributed by atoms with Crippen molar-refractivity contribution in [3.05, 3.63) is 27.9 Å². The molecule has 1 aromatic heterocycles. The van der Waals surface area contributed by atoms with E-state index in [0.717, 1.165) is 29.2 Å². The van der Waals surface area contributed by atoms with Crippen molar-refractivity contribution in [3.8, 4) is 0 Å². The molecule has 0 radical (unpaired) electrons. The third kappa shape index (κ3) is 2.25. The summed E-state index contributed by atoms with van der Waals surface area (Å²) in [6.07, 6.45) is 3.72. The summed E-state index contributed by atoms with van der Waals surface area (Å²) in [5, 5.41) is 5.54. The highest BCUT2D eigenvalue weighted by molar-refractivity contribution is 7.84. The minimum atomic E-state index is -1.19. The Morgan fingerprint density at radius 2 is 2.09 bits per heavy atom. The number of rotatable bonds is 2. The number of aliphatic imine (C=N–C) groups is 1. The van der Waals surface area contributed by atoms with Crippen LogP contribution in [-0.4, -0.2) is 43.6 Å². The van der Waals surface area contributed by atoms with Crippen molar-refractivity contribution in [2.45, 2.75) is 31.8 Å². The van der Waals surface area contributed by atoms with Gasteiger partial charge in [-0.25, -0.2) is 0 Å². The van der Waals surface area contributed by atoms with E-state index >= 15 is 0 Å². The summed E-state index contributed by atoms with van der Waals surface area (Å²) in [6.45, 7) is 7.02. The topological polar surface area (TPSA) is 50.5 Å². The maximum Gasteiger partial charge on any atom is 0.144 e. The summed E-state index contributed by atoms with van der Waals surface area (Å²) in [7, 11) is 0.586. The van der Waals surface area contributed by atoms with Crippen LogP contribution in [0.25, 0.3) is 5.70 Å². The van der Waals surface area contributed by atoms with Gasteiger partial charge in [-0.2, -0.15) is 5.10 Å². The molecule has 2 atom stereocenters. The van der Waals surface area contributed by atoms with Crippen LogP contribution in [0.2, 0.25) is 5.02 Å². The molecule has 0 bridgehead atoms. The van der Waals surface area contributed by atoms with Crippen molar-refractivity contribution in [1.29, 1.82) is 0 Å². The molecule has 3 rings (SSSR count). The molecule has 0 aromatic carbocycles. The first-order valence-corrected chi connectivity index (χ1v) is 9.06. The number of nitrogens with zero attached hydrogens (tertiary/aromatic N) is 4. The van der Waals surface area contributed by atoms with E-state index < -0.39 is 10.8 Å². The Morgan fingerprint density at radius 3 is 2.68 bits per heavy atom. The Bertz CT molecular complexity index is 775. The second kappa shape index (κ2) is 5.35. The fourth-order valence-electron chi connectivity index (χ4n) is 3.11. The van der Waals surface area contributed by atoms with Crippen molar-refractivity contribution in [2.24, 2.45) is 12.0 Å². The predicted molar refractivity (Wildman–Crippen MR) is 90.5 cm³/mol. The number of hydrogen-bond acceptors (Lipinski definition) is 4. The van der Waals surface area contributed by atoms with Crippen LogP contribution in [0.3, 0.4) is 0 Å². The van der Waals surface area contributed by atoms with Gasteiger partial charge >= 0.3 is 0 Å². The van der Waals surface area contributed by atoms with Gasteiger partial charge in [0.1, 0.15) is 21.6 Å². The molecule has 0 fully saturated rings. The summed E-state index contributed by atoms with van der Waals surface area (Å²) in [5.74, 6) is 0.981. The smallest absolute Gasteiger partial charge is 0.144 e. The van der Waals surface area contributed by atoms with Gasteiger partial charge in [-0.15, -0.1) is 0 Å². The van der Waals surface area contributed by atoms with E-state index in [-0.39, 0.29) is 6.04 Å². The maximum atomic E-state index is 11.9. The molecule has 0 aliphatic carbocycles. The van der Waals surface area contributed by atoms with E-state index in [0.29, 0.717) is 15.7 Å². The second-order valence-electron chi connectivity index (χ2n) is 5.82. The Morgan fingerprint density at radius 1 is 1.41 bits per heavy atom. The monoisotopic (exact) mass is 338 g/mol. The fourth-order valence-corrected chi connectivity index (χ4v) is 4.45. The summed E-state index contributed by atoms with van der Waals surface area (Å²) in [5.41, 5.74) is 3.89. The second-order valence-corrected chi connectivity index (χ2v) is 7.49. The molecule has 3 heterocycles. The van der Waals surface area contributed by atoms with Gasteiger partial charge in [0.25, 0.3) is 0 Å². The van der Waals surface area contributed by atoms with Crippen LogP contribution in [0.1, 0.15) is 26.5 Å². The first kappa shape index (κ1) is 15.5. The molecule has 0 amide bonds. The van der Waals surface area contributed by atoms with Crippen LogP contribution in [-0.2, 0) is 17.8 Å². The Kier molecular flexibility index (Phi) is 3.77. The molecule has 0 spiro atoms. The summed E-state index contributed by atoms with van der Waals surface area (Å²) in [4.78, 5) is 6.87. The third-order valence-electron chi connectivity index (χ3n) is 3.91. The number of halogens is 1. The first-order valence-electron chi connectivity index (χ1n) is 7.12. The fraction of sp³-hybridized carbons (Fsp3) is 0.467. The molecule has 118 valence electrons. The van der Waals surface area contributed by atoms with E-state index in [1.54, 1.807) is 18.0 Å². The van der Waals surface area contributed by atoms with Gasteiger partial charge in [0, 0.05) is 19.8 Å². The molecular formula is C15H19ClN4OS. The van der Waals surface area contributed by atoms with Crippen molar-refractivity contribution in [3.63, 3.8) is 0 Å². The van der Waals surface area contributed by atoms with Gasteiger partial charge < -0.3 is 4.90 Å². The molecule has 0 saturated heterocycles. The number of fused-ring (bicyclic) bond motifs is 1. The van der Waals surface area contributed by atoms with Gasteiger partial charge in [0.15, 0.2) is 0 Å². The van der Waals surface area contributed by atoms with Crippen molar-refractivity contribution in [1.82, 2.24) is 14.7 Å². The zero-order chi connectivity index (χ0) is 16.2.